The van der Waals surface area contributed by atoms with Gasteiger partial charge >= 0.3 is 6.18 Å². The molecule has 1 unspecified atom stereocenters. The molecule has 3 rings (SSSR count). The van der Waals surface area contributed by atoms with Crippen molar-refractivity contribution in [2.45, 2.75) is 43.4 Å². The van der Waals surface area contributed by atoms with Crippen LogP contribution in [0.1, 0.15) is 30.9 Å². The van der Waals surface area contributed by atoms with Gasteiger partial charge in [0.15, 0.2) is 0 Å². The van der Waals surface area contributed by atoms with Gasteiger partial charge in [0.2, 0.25) is 10.0 Å². The Labute approximate surface area is 151 Å². The van der Waals surface area contributed by atoms with Crippen LogP contribution in [-0.2, 0) is 22.7 Å². The van der Waals surface area contributed by atoms with E-state index in [1.54, 1.807) is 31.2 Å². The second kappa shape index (κ2) is 7.04. The van der Waals surface area contributed by atoms with E-state index in [1.165, 1.54) is 16.4 Å². The van der Waals surface area contributed by atoms with Gasteiger partial charge < -0.3 is 0 Å². The van der Waals surface area contributed by atoms with Crippen LogP contribution in [0.2, 0.25) is 0 Å². The van der Waals surface area contributed by atoms with E-state index in [0.717, 1.165) is 30.5 Å². The molecule has 140 valence electrons. The van der Waals surface area contributed by atoms with Crippen molar-refractivity contribution in [3.05, 3.63) is 65.7 Å². The molecular formula is C19H20F3NO2S. The molecule has 0 heterocycles. The summed E-state index contributed by atoms with van der Waals surface area (Å²) in [5, 5.41) is 0. The highest BCUT2D eigenvalue weighted by atomic mass is 32.2. The van der Waals surface area contributed by atoms with Gasteiger partial charge in [-0.3, -0.25) is 0 Å². The number of alkyl halides is 3. The molecule has 0 aromatic heterocycles. The van der Waals surface area contributed by atoms with Gasteiger partial charge in [-0.2, -0.15) is 17.5 Å². The molecule has 1 fully saturated rings. The third-order valence-corrected chi connectivity index (χ3v) is 6.71. The molecule has 2 aromatic rings. The van der Waals surface area contributed by atoms with E-state index in [2.05, 4.69) is 0 Å². The van der Waals surface area contributed by atoms with Gasteiger partial charge in [0.05, 0.1) is 10.5 Å². The van der Waals surface area contributed by atoms with Crippen molar-refractivity contribution in [3.63, 3.8) is 0 Å². The van der Waals surface area contributed by atoms with Gasteiger partial charge in [0.25, 0.3) is 0 Å². The molecule has 1 saturated carbocycles. The SMILES string of the molecule is CC(C1CC1)N(Cc1ccccc1)S(=O)(=O)c1ccccc1C(F)(F)F. The van der Waals surface area contributed by atoms with Crippen molar-refractivity contribution in [3.8, 4) is 0 Å². The second-order valence-electron chi connectivity index (χ2n) is 6.61. The van der Waals surface area contributed by atoms with Crippen LogP contribution in [0.5, 0.6) is 0 Å². The fourth-order valence-corrected chi connectivity index (χ4v) is 4.97. The maximum Gasteiger partial charge on any atom is 0.417 e. The van der Waals surface area contributed by atoms with Crippen LogP contribution in [-0.4, -0.2) is 18.8 Å². The first kappa shape index (κ1) is 18.9. The van der Waals surface area contributed by atoms with Crippen molar-refractivity contribution >= 4 is 10.0 Å². The third-order valence-electron chi connectivity index (χ3n) is 4.72. The minimum Gasteiger partial charge on any atom is -0.207 e. The summed E-state index contributed by atoms with van der Waals surface area (Å²) in [6.45, 7) is 1.82. The first-order valence-corrected chi connectivity index (χ1v) is 9.87. The lowest BCUT2D eigenvalue weighted by Crippen LogP contribution is -2.40. The molecule has 7 heteroatoms. The second-order valence-corrected chi connectivity index (χ2v) is 8.47. The highest BCUT2D eigenvalue weighted by Crippen LogP contribution is 2.40. The molecule has 0 aliphatic heterocycles. The number of nitrogens with zero attached hydrogens (tertiary/aromatic N) is 1. The predicted molar refractivity (Wildman–Crippen MR) is 92.8 cm³/mol. The van der Waals surface area contributed by atoms with Gasteiger partial charge in [-0.25, -0.2) is 8.42 Å². The molecule has 1 aliphatic rings. The average molecular weight is 383 g/mol. The van der Waals surface area contributed by atoms with Crippen molar-refractivity contribution in [1.29, 1.82) is 0 Å². The van der Waals surface area contributed by atoms with E-state index < -0.39 is 26.7 Å². The smallest absolute Gasteiger partial charge is 0.207 e. The van der Waals surface area contributed by atoms with Gasteiger partial charge in [-0.15, -0.1) is 0 Å². The van der Waals surface area contributed by atoms with Crippen LogP contribution in [0.15, 0.2) is 59.5 Å². The van der Waals surface area contributed by atoms with Gasteiger partial charge in [0.1, 0.15) is 0 Å². The van der Waals surface area contributed by atoms with Crippen molar-refractivity contribution < 1.29 is 21.6 Å². The number of hydrogen-bond acceptors (Lipinski definition) is 2. The van der Waals surface area contributed by atoms with Crippen LogP contribution in [0, 0.1) is 5.92 Å². The molecule has 0 saturated heterocycles. The maximum absolute atomic E-state index is 13.4. The zero-order valence-electron chi connectivity index (χ0n) is 14.3. The Morgan fingerprint density at radius 1 is 1.04 bits per heavy atom. The van der Waals surface area contributed by atoms with Crippen molar-refractivity contribution in [2.24, 2.45) is 5.92 Å². The largest absolute Gasteiger partial charge is 0.417 e. The average Bonchev–Trinajstić information content (AvgIpc) is 3.44. The zero-order chi connectivity index (χ0) is 18.9. The lowest BCUT2D eigenvalue weighted by Gasteiger charge is -2.29. The molecule has 0 N–H and O–H groups in total. The summed E-state index contributed by atoms with van der Waals surface area (Å²) in [7, 11) is -4.30. The standard InChI is InChI=1S/C19H20F3NO2S/c1-14(16-11-12-16)23(13-15-7-3-2-4-8-15)26(24,25)18-10-6-5-9-17(18)19(20,21)22/h2-10,14,16H,11-13H2,1H3. The molecule has 3 nitrogen and oxygen atoms in total. The minimum absolute atomic E-state index is 0.0486. The van der Waals surface area contributed by atoms with E-state index >= 15 is 0 Å². The lowest BCUT2D eigenvalue weighted by atomic mass is 10.2. The monoisotopic (exact) mass is 383 g/mol. The molecule has 0 spiro atoms. The predicted octanol–water partition coefficient (Wildman–Crippen LogP) is 4.69. The van der Waals surface area contributed by atoms with Gasteiger partial charge in [0, 0.05) is 12.6 Å². The number of sulfonamides is 1. The molecule has 2 aromatic carbocycles. The van der Waals surface area contributed by atoms with Crippen molar-refractivity contribution in [2.75, 3.05) is 0 Å². The minimum atomic E-state index is -4.73. The fourth-order valence-electron chi connectivity index (χ4n) is 3.08. The fraction of sp³-hybridized carbons (Fsp3) is 0.368. The summed E-state index contributed by atoms with van der Waals surface area (Å²) in [5.74, 6) is 0.187. The normalized spacial score (nSPS) is 16.7. The third kappa shape index (κ3) is 3.94. The number of hydrogen-bond donors (Lipinski definition) is 0. The summed E-state index contributed by atoms with van der Waals surface area (Å²) in [5.41, 5.74) is -0.380. The first-order valence-electron chi connectivity index (χ1n) is 8.43. The molecule has 26 heavy (non-hydrogen) atoms. The Hall–Kier alpha value is -1.86. The van der Waals surface area contributed by atoms with E-state index in [0.29, 0.717) is 0 Å². The molecule has 0 radical (unpaired) electrons. The van der Waals surface area contributed by atoms with Crippen LogP contribution < -0.4 is 0 Å². The highest BCUT2D eigenvalue weighted by Gasteiger charge is 2.42. The summed E-state index contributed by atoms with van der Waals surface area (Å²) in [6.07, 6.45) is -2.95. The van der Waals surface area contributed by atoms with E-state index in [9.17, 15) is 21.6 Å². The van der Waals surface area contributed by atoms with Crippen molar-refractivity contribution in [1.82, 2.24) is 4.31 Å². The summed E-state index contributed by atoms with van der Waals surface area (Å²) in [6, 6.07) is 12.9. The van der Waals surface area contributed by atoms with E-state index in [1.807, 2.05) is 6.07 Å². The summed E-state index contributed by atoms with van der Waals surface area (Å²) in [4.78, 5) is -0.684. The number of halogens is 3. The molecule has 0 amide bonds. The van der Waals surface area contributed by atoms with E-state index in [-0.39, 0.29) is 18.5 Å². The molecular weight excluding hydrogens is 363 g/mol. The maximum atomic E-state index is 13.4. The quantitative estimate of drug-likeness (QED) is 0.725. The number of rotatable bonds is 6. The van der Waals surface area contributed by atoms with Crippen LogP contribution in [0.3, 0.4) is 0 Å². The van der Waals surface area contributed by atoms with Crippen LogP contribution in [0.4, 0.5) is 13.2 Å². The summed E-state index contributed by atoms with van der Waals surface area (Å²) >= 11 is 0. The van der Waals surface area contributed by atoms with Gasteiger partial charge in [-0.05, 0) is 43.4 Å². The molecule has 1 atom stereocenters. The molecule has 0 bridgehead atoms. The number of benzene rings is 2. The Morgan fingerprint density at radius 3 is 2.19 bits per heavy atom. The topological polar surface area (TPSA) is 37.4 Å². The Bertz CT molecular complexity index is 862. The Morgan fingerprint density at radius 2 is 1.62 bits per heavy atom. The summed E-state index contributed by atoms with van der Waals surface area (Å²) < 4.78 is 67.7. The van der Waals surface area contributed by atoms with E-state index in [4.69, 9.17) is 0 Å². The zero-order valence-corrected chi connectivity index (χ0v) is 15.1. The van der Waals surface area contributed by atoms with Crippen LogP contribution in [0.25, 0.3) is 0 Å². The molecule has 1 aliphatic carbocycles. The Kier molecular flexibility index (Phi) is 5.12. The Balaban J connectivity index is 2.05. The van der Waals surface area contributed by atoms with Crippen LogP contribution >= 0.6 is 0 Å². The first-order chi connectivity index (χ1) is 12.2. The van der Waals surface area contributed by atoms with Gasteiger partial charge in [-0.1, -0.05) is 42.5 Å². The lowest BCUT2D eigenvalue weighted by molar-refractivity contribution is -0.139. The highest BCUT2D eigenvalue weighted by molar-refractivity contribution is 7.89.